The van der Waals surface area contributed by atoms with Gasteiger partial charge in [0.25, 0.3) is 5.22 Å². The Kier molecular flexibility index (Phi) is 6.91. The number of nitrogens with zero attached hydrogens (tertiary/aromatic N) is 4. The molecule has 0 saturated carbocycles. The molecular formula is C22H21FN4O4S2. The van der Waals surface area contributed by atoms with Crippen LogP contribution in [-0.2, 0) is 15.8 Å². The minimum absolute atomic E-state index is 0.173. The first-order valence-electron chi connectivity index (χ1n) is 10.2. The van der Waals surface area contributed by atoms with Gasteiger partial charge in [-0.1, -0.05) is 31.7 Å². The van der Waals surface area contributed by atoms with Crippen molar-refractivity contribution in [2.45, 2.75) is 29.7 Å². The molecule has 0 atom stereocenters. The SMILES string of the molecule is CCN(CC)S(=O)(=O)c1cccc(-c2nnc(SCc3coc(-c4ccc(F)cc4)n3)o2)c1. The molecule has 0 fully saturated rings. The Morgan fingerprint density at radius 2 is 1.76 bits per heavy atom. The molecule has 33 heavy (non-hydrogen) atoms. The van der Waals surface area contributed by atoms with E-state index in [4.69, 9.17) is 8.83 Å². The quantitative estimate of drug-likeness (QED) is 0.308. The van der Waals surface area contributed by atoms with Crippen molar-refractivity contribution < 1.29 is 21.6 Å². The van der Waals surface area contributed by atoms with Crippen LogP contribution >= 0.6 is 11.8 Å². The molecule has 0 aliphatic rings. The molecule has 0 aliphatic heterocycles. The maximum Gasteiger partial charge on any atom is 0.277 e. The van der Waals surface area contributed by atoms with Gasteiger partial charge in [-0.2, -0.15) is 4.31 Å². The molecule has 4 rings (SSSR count). The first-order chi connectivity index (χ1) is 15.9. The number of rotatable bonds is 9. The fraction of sp³-hybridized carbons (Fsp3) is 0.227. The lowest BCUT2D eigenvalue weighted by Crippen LogP contribution is -2.30. The second kappa shape index (κ2) is 9.86. The van der Waals surface area contributed by atoms with Crippen LogP contribution in [0.1, 0.15) is 19.5 Å². The minimum atomic E-state index is -3.60. The van der Waals surface area contributed by atoms with E-state index in [1.165, 1.54) is 40.5 Å². The summed E-state index contributed by atoms with van der Waals surface area (Å²) >= 11 is 1.27. The fourth-order valence-corrected chi connectivity index (χ4v) is 5.27. The normalized spacial score (nSPS) is 11.9. The lowest BCUT2D eigenvalue weighted by Gasteiger charge is -2.18. The van der Waals surface area contributed by atoms with Gasteiger partial charge >= 0.3 is 0 Å². The van der Waals surface area contributed by atoms with Crippen molar-refractivity contribution >= 4 is 21.8 Å². The van der Waals surface area contributed by atoms with Gasteiger partial charge in [-0.15, -0.1) is 10.2 Å². The lowest BCUT2D eigenvalue weighted by atomic mass is 10.2. The number of hydrogen-bond acceptors (Lipinski definition) is 8. The van der Waals surface area contributed by atoms with E-state index in [1.54, 1.807) is 44.2 Å². The van der Waals surface area contributed by atoms with Crippen molar-refractivity contribution in [1.29, 1.82) is 0 Å². The van der Waals surface area contributed by atoms with Crippen LogP contribution in [0.3, 0.4) is 0 Å². The number of hydrogen-bond donors (Lipinski definition) is 0. The summed E-state index contributed by atoms with van der Waals surface area (Å²) in [5.41, 5.74) is 1.85. The molecule has 0 unspecified atom stereocenters. The predicted octanol–water partition coefficient (Wildman–Crippen LogP) is 4.85. The molecule has 0 amide bonds. The van der Waals surface area contributed by atoms with Crippen molar-refractivity contribution in [3.8, 4) is 22.9 Å². The van der Waals surface area contributed by atoms with Crippen molar-refractivity contribution in [3.05, 3.63) is 66.3 Å². The highest BCUT2D eigenvalue weighted by molar-refractivity contribution is 7.98. The average Bonchev–Trinajstić information content (AvgIpc) is 3.49. The largest absolute Gasteiger partial charge is 0.444 e. The Morgan fingerprint density at radius 3 is 2.48 bits per heavy atom. The molecule has 2 aromatic carbocycles. The Balaban J connectivity index is 1.45. The summed E-state index contributed by atoms with van der Waals surface area (Å²) in [6.07, 6.45) is 1.52. The van der Waals surface area contributed by atoms with Crippen molar-refractivity contribution in [2.75, 3.05) is 13.1 Å². The maximum absolute atomic E-state index is 13.1. The van der Waals surface area contributed by atoms with E-state index < -0.39 is 10.0 Å². The van der Waals surface area contributed by atoms with E-state index in [9.17, 15) is 12.8 Å². The van der Waals surface area contributed by atoms with E-state index >= 15 is 0 Å². The van der Waals surface area contributed by atoms with Gasteiger partial charge in [0, 0.05) is 30.0 Å². The third kappa shape index (κ3) is 5.15. The van der Waals surface area contributed by atoms with E-state index in [0.717, 1.165) is 0 Å². The predicted molar refractivity (Wildman–Crippen MR) is 121 cm³/mol. The first kappa shape index (κ1) is 23.1. The van der Waals surface area contributed by atoms with Gasteiger partial charge in [0.05, 0.1) is 10.6 Å². The Hall–Kier alpha value is -3.02. The molecule has 0 saturated heterocycles. The van der Waals surface area contributed by atoms with E-state index in [-0.39, 0.29) is 16.6 Å². The zero-order chi connectivity index (χ0) is 23.4. The molecule has 0 spiro atoms. The van der Waals surface area contributed by atoms with Crippen LogP contribution in [0.15, 0.2) is 73.7 Å². The highest BCUT2D eigenvalue weighted by Crippen LogP contribution is 2.28. The summed E-state index contributed by atoms with van der Waals surface area (Å²) < 4.78 is 51.2. The van der Waals surface area contributed by atoms with Gasteiger partial charge in [-0.3, -0.25) is 0 Å². The van der Waals surface area contributed by atoms with E-state index in [0.29, 0.717) is 46.8 Å². The second-order valence-electron chi connectivity index (χ2n) is 6.93. The molecule has 0 aliphatic carbocycles. The Morgan fingerprint density at radius 1 is 1.00 bits per heavy atom. The number of benzene rings is 2. The molecule has 11 heteroatoms. The summed E-state index contributed by atoms with van der Waals surface area (Å²) in [5.74, 6) is 0.705. The van der Waals surface area contributed by atoms with Crippen LogP contribution in [-0.4, -0.2) is 41.0 Å². The summed E-state index contributed by atoms with van der Waals surface area (Å²) in [5, 5.41) is 8.38. The molecular weight excluding hydrogens is 467 g/mol. The van der Waals surface area contributed by atoms with Crippen LogP contribution in [0.2, 0.25) is 0 Å². The summed E-state index contributed by atoms with van der Waals surface area (Å²) in [4.78, 5) is 4.56. The van der Waals surface area contributed by atoms with Gasteiger partial charge < -0.3 is 8.83 Å². The van der Waals surface area contributed by atoms with Gasteiger partial charge in [0.1, 0.15) is 12.1 Å². The fourth-order valence-electron chi connectivity index (χ4n) is 3.12. The van der Waals surface area contributed by atoms with Gasteiger partial charge in [-0.25, -0.2) is 17.8 Å². The number of thioether (sulfide) groups is 1. The first-order valence-corrected chi connectivity index (χ1v) is 12.6. The maximum atomic E-state index is 13.1. The topological polar surface area (TPSA) is 102 Å². The summed E-state index contributed by atoms with van der Waals surface area (Å²) in [6.45, 7) is 4.36. The Bertz CT molecular complexity index is 1330. The highest BCUT2D eigenvalue weighted by Gasteiger charge is 2.22. The Labute approximate surface area is 194 Å². The molecule has 0 bridgehead atoms. The van der Waals surface area contributed by atoms with Gasteiger partial charge in [-0.05, 0) is 42.5 Å². The highest BCUT2D eigenvalue weighted by atomic mass is 32.2. The third-order valence-corrected chi connectivity index (χ3v) is 7.72. The van der Waals surface area contributed by atoms with Crippen LogP contribution in [0.4, 0.5) is 4.39 Å². The number of sulfonamides is 1. The number of oxazole rings is 1. The monoisotopic (exact) mass is 488 g/mol. The smallest absolute Gasteiger partial charge is 0.277 e. The molecule has 0 radical (unpaired) electrons. The standard InChI is InChI=1S/C22H21FN4O4S2/c1-3-27(4-2)33(28,29)19-7-5-6-16(12-19)21-25-26-22(31-21)32-14-18-13-30-20(24-18)15-8-10-17(23)11-9-15/h5-13H,3-4,14H2,1-2H3. The summed E-state index contributed by atoms with van der Waals surface area (Å²) in [6, 6.07) is 12.3. The van der Waals surface area contributed by atoms with Gasteiger partial charge in [0.15, 0.2) is 0 Å². The van der Waals surface area contributed by atoms with Crippen LogP contribution in [0.25, 0.3) is 22.9 Å². The molecule has 0 N–H and O–H groups in total. The van der Waals surface area contributed by atoms with E-state index in [1.807, 2.05) is 0 Å². The lowest BCUT2D eigenvalue weighted by molar-refractivity contribution is 0.445. The van der Waals surface area contributed by atoms with E-state index in [2.05, 4.69) is 15.2 Å². The average molecular weight is 489 g/mol. The van der Waals surface area contributed by atoms with Crippen molar-refractivity contribution in [2.24, 2.45) is 0 Å². The molecule has 172 valence electrons. The number of aromatic nitrogens is 3. The van der Waals surface area contributed by atoms with Gasteiger partial charge in [0.2, 0.25) is 21.8 Å². The van der Waals surface area contributed by atoms with Crippen LogP contribution < -0.4 is 0 Å². The van der Waals surface area contributed by atoms with Crippen LogP contribution in [0, 0.1) is 5.82 Å². The molecule has 8 nitrogen and oxygen atoms in total. The number of halogens is 1. The molecule has 2 heterocycles. The van der Waals surface area contributed by atoms with Crippen molar-refractivity contribution in [3.63, 3.8) is 0 Å². The summed E-state index contributed by atoms with van der Waals surface area (Å²) in [7, 11) is -3.60. The molecule has 4 aromatic rings. The molecule has 2 aromatic heterocycles. The van der Waals surface area contributed by atoms with Crippen molar-refractivity contribution in [1.82, 2.24) is 19.5 Å². The minimum Gasteiger partial charge on any atom is -0.444 e. The zero-order valence-corrected chi connectivity index (χ0v) is 19.6. The van der Waals surface area contributed by atoms with Crippen LogP contribution in [0.5, 0.6) is 0 Å². The zero-order valence-electron chi connectivity index (χ0n) is 17.9. The second-order valence-corrected chi connectivity index (χ2v) is 9.79. The third-order valence-electron chi connectivity index (χ3n) is 4.82.